The number of methoxy groups -OCH3 is 1. The van der Waals surface area contributed by atoms with Crippen LogP contribution in [0.1, 0.15) is 32.1 Å². The minimum absolute atomic E-state index is 0.108. The van der Waals surface area contributed by atoms with Crippen molar-refractivity contribution in [1.82, 2.24) is 14.7 Å². The Morgan fingerprint density at radius 3 is 2.41 bits per heavy atom. The molecule has 200 valence electrons. The second-order valence-corrected chi connectivity index (χ2v) is 9.52. The number of nitrogens with zero attached hydrogens (tertiary/aromatic N) is 4. The van der Waals surface area contributed by atoms with Crippen molar-refractivity contribution in [3.8, 4) is 22.6 Å². The zero-order valence-corrected chi connectivity index (χ0v) is 22.0. The molecule has 0 atom stereocenters. The predicted octanol–water partition coefficient (Wildman–Crippen LogP) is 3.27. The number of primary amides is 1. The van der Waals surface area contributed by atoms with Gasteiger partial charge in [-0.15, -0.1) is 0 Å². The van der Waals surface area contributed by atoms with Gasteiger partial charge in [0.15, 0.2) is 5.69 Å². The van der Waals surface area contributed by atoms with E-state index in [9.17, 15) is 14.7 Å². The minimum Gasteiger partial charge on any atom is -0.497 e. The highest BCUT2D eigenvalue weighted by Gasteiger charge is 2.34. The molecule has 0 aliphatic carbocycles. The Bertz CT molecular complexity index is 1500. The van der Waals surface area contributed by atoms with Crippen molar-refractivity contribution in [2.24, 2.45) is 5.73 Å². The average Bonchev–Trinajstić information content (AvgIpc) is 3.35. The molecular formula is C30H31N5O4. The van der Waals surface area contributed by atoms with Gasteiger partial charge in [-0.25, -0.2) is 4.68 Å². The maximum Gasteiger partial charge on any atom is 0.277 e. The van der Waals surface area contributed by atoms with Gasteiger partial charge in [0.1, 0.15) is 11.4 Å². The molecule has 2 amide bonds. The maximum atomic E-state index is 13.8. The number of aliphatic hydroxyl groups is 1. The third-order valence-electron chi connectivity index (χ3n) is 7.00. The van der Waals surface area contributed by atoms with Crippen molar-refractivity contribution in [3.63, 3.8) is 0 Å². The number of hydrogen-bond donors (Lipinski definition) is 2. The highest BCUT2D eigenvalue weighted by molar-refractivity contribution is 6.09. The number of carbonyl (C=O) groups is 2. The van der Waals surface area contributed by atoms with Crippen LogP contribution in [0.15, 0.2) is 72.8 Å². The van der Waals surface area contributed by atoms with E-state index in [1.54, 1.807) is 36.3 Å². The second-order valence-electron chi connectivity index (χ2n) is 9.52. The molecule has 0 unspecified atom stereocenters. The van der Waals surface area contributed by atoms with Gasteiger partial charge in [0.05, 0.1) is 19.4 Å². The normalized spacial score (nSPS) is 13.0. The molecule has 4 aromatic rings. The lowest BCUT2D eigenvalue weighted by Crippen LogP contribution is -2.39. The fraction of sp³-hybridized carbons (Fsp3) is 0.233. The first-order chi connectivity index (χ1) is 18.9. The lowest BCUT2D eigenvalue weighted by Gasteiger charge is -2.28. The summed E-state index contributed by atoms with van der Waals surface area (Å²) in [6.07, 6.45) is 0.456. The Morgan fingerprint density at radius 2 is 1.74 bits per heavy atom. The average molecular weight is 526 g/mol. The number of nitrogens with two attached hydrogens (primary N) is 1. The van der Waals surface area contributed by atoms with E-state index in [0.717, 1.165) is 22.4 Å². The first kappa shape index (κ1) is 26.1. The molecule has 3 aromatic carbocycles. The SMILES string of the molecule is COc1ccc(-n2nc(C(N)=O)c3c2C(=O)N(c2ccc(-c4ccccc4CN(C)CCO)cc2)CC3)cc1. The summed E-state index contributed by atoms with van der Waals surface area (Å²) in [5, 5.41) is 13.7. The summed E-state index contributed by atoms with van der Waals surface area (Å²) in [5.74, 6) is -0.234. The number of rotatable bonds is 9. The maximum absolute atomic E-state index is 13.8. The molecule has 0 saturated heterocycles. The van der Waals surface area contributed by atoms with Gasteiger partial charge >= 0.3 is 0 Å². The van der Waals surface area contributed by atoms with Crippen LogP contribution in [0.25, 0.3) is 16.8 Å². The van der Waals surface area contributed by atoms with Gasteiger partial charge in [-0.2, -0.15) is 5.10 Å². The van der Waals surface area contributed by atoms with E-state index in [4.69, 9.17) is 10.5 Å². The Kier molecular flexibility index (Phi) is 7.44. The topological polar surface area (TPSA) is 114 Å². The molecule has 0 radical (unpaired) electrons. The fourth-order valence-corrected chi connectivity index (χ4v) is 5.02. The van der Waals surface area contributed by atoms with Crippen molar-refractivity contribution >= 4 is 17.5 Å². The first-order valence-electron chi connectivity index (χ1n) is 12.8. The van der Waals surface area contributed by atoms with E-state index in [0.29, 0.717) is 48.7 Å². The van der Waals surface area contributed by atoms with Crippen LogP contribution >= 0.6 is 0 Å². The standard InChI is InChI=1S/C30H31N5O4/c1-33(17-18-36)19-21-5-3-4-6-25(21)20-7-9-22(10-8-20)34-16-15-26-27(29(31)37)32-35(28(26)30(34)38)23-11-13-24(39-2)14-12-23/h3-14,36H,15-19H2,1-2H3,(H2,31,37). The third kappa shape index (κ3) is 5.14. The lowest BCUT2D eigenvalue weighted by atomic mass is 9.98. The molecule has 5 rings (SSSR count). The third-order valence-corrected chi connectivity index (χ3v) is 7.00. The largest absolute Gasteiger partial charge is 0.497 e. The molecule has 1 aromatic heterocycles. The summed E-state index contributed by atoms with van der Waals surface area (Å²) >= 11 is 0. The van der Waals surface area contributed by atoms with Crippen LogP contribution in [-0.4, -0.2) is 65.5 Å². The fourth-order valence-electron chi connectivity index (χ4n) is 5.02. The number of anilines is 1. The molecule has 1 aliphatic heterocycles. The molecule has 9 heteroatoms. The number of fused-ring (bicyclic) bond motifs is 1. The quantitative estimate of drug-likeness (QED) is 0.347. The van der Waals surface area contributed by atoms with E-state index in [-0.39, 0.29) is 18.2 Å². The molecule has 0 bridgehead atoms. The van der Waals surface area contributed by atoms with Crippen LogP contribution in [-0.2, 0) is 13.0 Å². The minimum atomic E-state index is -0.660. The summed E-state index contributed by atoms with van der Waals surface area (Å²) < 4.78 is 6.74. The van der Waals surface area contributed by atoms with Crippen LogP contribution < -0.4 is 15.4 Å². The molecule has 0 spiro atoms. The Morgan fingerprint density at radius 1 is 1.05 bits per heavy atom. The van der Waals surface area contributed by atoms with Gasteiger partial charge in [0.2, 0.25) is 0 Å². The van der Waals surface area contributed by atoms with E-state index in [1.165, 1.54) is 4.68 Å². The summed E-state index contributed by atoms with van der Waals surface area (Å²) in [4.78, 5) is 29.8. The van der Waals surface area contributed by atoms with Crippen molar-refractivity contribution in [1.29, 1.82) is 0 Å². The molecule has 39 heavy (non-hydrogen) atoms. The summed E-state index contributed by atoms with van der Waals surface area (Å²) in [5.41, 5.74) is 11.3. The van der Waals surface area contributed by atoms with E-state index in [2.05, 4.69) is 22.1 Å². The predicted molar refractivity (Wildman–Crippen MR) is 149 cm³/mol. The van der Waals surface area contributed by atoms with Crippen LogP contribution in [0.5, 0.6) is 5.75 Å². The zero-order chi connectivity index (χ0) is 27.5. The monoisotopic (exact) mass is 525 g/mol. The molecular weight excluding hydrogens is 494 g/mol. The van der Waals surface area contributed by atoms with Crippen LogP contribution in [0.2, 0.25) is 0 Å². The van der Waals surface area contributed by atoms with Crippen molar-refractivity contribution < 1.29 is 19.4 Å². The van der Waals surface area contributed by atoms with Crippen LogP contribution in [0.4, 0.5) is 5.69 Å². The van der Waals surface area contributed by atoms with Gasteiger partial charge in [-0.05, 0) is 66.6 Å². The molecule has 3 N–H and O–H groups in total. The summed E-state index contributed by atoms with van der Waals surface area (Å²) in [6.45, 7) is 1.82. The molecule has 9 nitrogen and oxygen atoms in total. The number of aromatic nitrogens is 2. The number of hydrogen-bond acceptors (Lipinski definition) is 6. The Hall–Kier alpha value is -4.47. The van der Waals surface area contributed by atoms with Crippen molar-refractivity contribution in [2.75, 3.05) is 38.8 Å². The van der Waals surface area contributed by atoms with E-state index in [1.807, 2.05) is 43.4 Å². The van der Waals surface area contributed by atoms with Gasteiger partial charge in [-0.3, -0.25) is 14.5 Å². The first-order valence-corrected chi connectivity index (χ1v) is 12.8. The number of benzene rings is 3. The van der Waals surface area contributed by atoms with Crippen molar-refractivity contribution in [2.45, 2.75) is 13.0 Å². The zero-order valence-electron chi connectivity index (χ0n) is 22.0. The van der Waals surface area contributed by atoms with Crippen LogP contribution in [0, 0.1) is 0 Å². The molecule has 0 saturated carbocycles. The smallest absolute Gasteiger partial charge is 0.277 e. The van der Waals surface area contributed by atoms with Crippen LogP contribution in [0.3, 0.4) is 0 Å². The highest BCUT2D eigenvalue weighted by Crippen LogP contribution is 2.31. The summed E-state index contributed by atoms with van der Waals surface area (Å²) in [7, 11) is 3.56. The van der Waals surface area contributed by atoms with E-state index < -0.39 is 5.91 Å². The Labute approximate surface area is 227 Å². The highest BCUT2D eigenvalue weighted by atomic mass is 16.5. The van der Waals surface area contributed by atoms with Gasteiger partial charge in [-0.1, -0.05) is 36.4 Å². The van der Waals surface area contributed by atoms with Gasteiger partial charge in [0, 0.05) is 30.9 Å². The second kappa shape index (κ2) is 11.1. The molecule has 0 fully saturated rings. The number of ether oxygens (including phenoxy) is 1. The summed E-state index contributed by atoms with van der Waals surface area (Å²) in [6, 6.07) is 23.2. The Balaban J connectivity index is 1.46. The number of amides is 2. The van der Waals surface area contributed by atoms with Gasteiger partial charge < -0.3 is 20.5 Å². The lowest BCUT2D eigenvalue weighted by molar-refractivity contribution is 0.0972. The number of likely N-dealkylation sites (N-methyl/N-ethyl adjacent to an activating group) is 1. The molecule has 1 aliphatic rings. The van der Waals surface area contributed by atoms with E-state index >= 15 is 0 Å². The molecule has 2 heterocycles. The van der Waals surface area contributed by atoms with Gasteiger partial charge in [0.25, 0.3) is 11.8 Å². The van der Waals surface area contributed by atoms with Crippen molar-refractivity contribution in [3.05, 3.63) is 95.3 Å². The number of aliphatic hydroxyl groups excluding tert-OH is 1. The number of carbonyl (C=O) groups excluding carboxylic acids is 2.